The molecule has 0 aromatic carbocycles. The van der Waals surface area contributed by atoms with Crippen molar-refractivity contribution in [1.29, 1.82) is 0 Å². The van der Waals surface area contributed by atoms with E-state index in [1.54, 1.807) is 4.90 Å². The smallest absolute Gasteiger partial charge is 0.323 e. The van der Waals surface area contributed by atoms with Crippen LogP contribution in [0.3, 0.4) is 0 Å². The van der Waals surface area contributed by atoms with Gasteiger partial charge in [-0.3, -0.25) is 14.5 Å². The molecule has 0 aliphatic carbocycles. The first-order valence-corrected chi connectivity index (χ1v) is 4.34. The Hall–Kier alpha value is -1.14. The van der Waals surface area contributed by atoms with Gasteiger partial charge < -0.3 is 15.6 Å². The highest BCUT2D eigenvalue weighted by molar-refractivity contribution is 5.82. The lowest BCUT2D eigenvalue weighted by Gasteiger charge is -2.42. The van der Waals surface area contributed by atoms with Crippen molar-refractivity contribution in [2.75, 3.05) is 20.3 Å². The van der Waals surface area contributed by atoms with Crippen molar-refractivity contribution in [2.24, 2.45) is 5.73 Å². The fourth-order valence-corrected chi connectivity index (χ4v) is 1.55. The van der Waals surface area contributed by atoms with E-state index in [0.29, 0.717) is 13.0 Å². The van der Waals surface area contributed by atoms with Gasteiger partial charge in [0.15, 0.2) is 0 Å². The van der Waals surface area contributed by atoms with Crippen LogP contribution in [0.2, 0.25) is 0 Å². The highest BCUT2D eigenvalue weighted by atomic mass is 16.5. The van der Waals surface area contributed by atoms with E-state index in [-0.39, 0.29) is 6.61 Å². The number of carboxylic acid groups (broad SMARTS) is 1. The van der Waals surface area contributed by atoms with E-state index in [0.717, 1.165) is 0 Å². The van der Waals surface area contributed by atoms with Gasteiger partial charge >= 0.3 is 5.97 Å². The van der Waals surface area contributed by atoms with E-state index in [1.165, 1.54) is 7.11 Å². The minimum Gasteiger partial charge on any atom is -0.480 e. The van der Waals surface area contributed by atoms with Gasteiger partial charge in [-0.15, -0.1) is 0 Å². The fourth-order valence-electron chi connectivity index (χ4n) is 1.55. The first-order valence-electron chi connectivity index (χ1n) is 4.34. The van der Waals surface area contributed by atoms with Crippen molar-refractivity contribution in [2.45, 2.75) is 18.5 Å². The summed E-state index contributed by atoms with van der Waals surface area (Å²) in [5.74, 6) is -1.46. The van der Waals surface area contributed by atoms with Crippen LogP contribution in [-0.2, 0) is 14.3 Å². The summed E-state index contributed by atoms with van der Waals surface area (Å²) in [7, 11) is 1.43. The second-order valence-electron chi connectivity index (χ2n) is 3.25. The molecule has 1 aliphatic rings. The molecule has 80 valence electrons. The lowest BCUT2D eigenvalue weighted by atomic mass is 9.99. The number of nitrogens with zero attached hydrogens (tertiary/aromatic N) is 1. The molecule has 0 spiro atoms. The molecular weight excluding hydrogens is 188 g/mol. The predicted octanol–water partition coefficient (Wildman–Crippen LogP) is -1.35. The van der Waals surface area contributed by atoms with Gasteiger partial charge in [0.2, 0.25) is 5.91 Å². The van der Waals surface area contributed by atoms with Gasteiger partial charge in [0.1, 0.15) is 6.04 Å². The number of likely N-dealkylation sites (tertiary alicyclic amines) is 1. The van der Waals surface area contributed by atoms with Crippen molar-refractivity contribution in [3.8, 4) is 0 Å². The molecule has 0 bridgehead atoms. The minimum atomic E-state index is -0.988. The number of hydrogen-bond donors (Lipinski definition) is 2. The molecule has 1 rings (SSSR count). The molecule has 0 aromatic heterocycles. The Balaban J connectivity index is 2.60. The maximum absolute atomic E-state index is 10.9. The van der Waals surface area contributed by atoms with E-state index in [1.807, 2.05) is 0 Å². The molecule has 14 heavy (non-hydrogen) atoms. The minimum absolute atomic E-state index is 0.0686. The van der Waals surface area contributed by atoms with E-state index in [2.05, 4.69) is 0 Å². The Bertz CT molecular complexity index is 243. The summed E-state index contributed by atoms with van der Waals surface area (Å²) >= 11 is 0. The van der Waals surface area contributed by atoms with Crippen LogP contribution in [0, 0.1) is 0 Å². The van der Waals surface area contributed by atoms with E-state index in [4.69, 9.17) is 15.6 Å². The predicted molar refractivity (Wildman–Crippen MR) is 47.6 cm³/mol. The van der Waals surface area contributed by atoms with Gasteiger partial charge in [0.05, 0.1) is 12.6 Å². The lowest BCUT2D eigenvalue weighted by Crippen LogP contribution is -2.61. The number of primary amides is 1. The quantitative estimate of drug-likeness (QED) is 0.574. The standard InChI is InChI=1S/C8H14N2O4/c1-14-4-6(8(12)13)10-3-2-5(10)7(9)11/h5-6H,2-4H2,1H3,(H2,9,11)(H,12,13). The SMILES string of the molecule is COCC(C(=O)O)N1CCC1C(N)=O. The van der Waals surface area contributed by atoms with Crippen molar-refractivity contribution in [1.82, 2.24) is 4.90 Å². The van der Waals surface area contributed by atoms with Crippen LogP contribution in [0.1, 0.15) is 6.42 Å². The van der Waals surface area contributed by atoms with Crippen LogP contribution >= 0.6 is 0 Å². The average molecular weight is 202 g/mol. The molecule has 0 aromatic rings. The molecule has 1 aliphatic heterocycles. The summed E-state index contributed by atoms with van der Waals surface area (Å²) in [6.45, 7) is 0.646. The van der Waals surface area contributed by atoms with Gasteiger partial charge in [-0.25, -0.2) is 0 Å². The molecule has 0 saturated carbocycles. The Morgan fingerprint density at radius 1 is 1.71 bits per heavy atom. The van der Waals surface area contributed by atoms with E-state index < -0.39 is 24.0 Å². The molecule has 1 saturated heterocycles. The number of ether oxygens (including phenoxy) is 1. The third-order valence-electron chi connectivity index (χ3n) is 2.40. The fraction of sp³-hybridized carbons (Fsp3) is 0.750. The third-order valence-corrected chi connectivity index (χ3v) is 2.40. The molecule has 1 fully saturated rings. The van der Waals surface area contributed by atoms with Crippen molar-refractivity contribution >= 4 is 11.9 Å². The topological polar surface area (TPSA) is 92.9 Å². The molecule has 6 nitrogen and oxygen atoms in total. The molecule has 1 heterocycles. The first kappa shape index (κ1) is 10.9. The monoisotopic (exact) mass is 202 g/mol. The number of hydrogen-bond acceptors (Lipinski definition) is 4. The number of carboxylic acids is 1. The first-order chi connectivity index (χ1) is 6.57. The number of carbonyl (C=O) groups is 2. The zero-order valence-electron chi connectivity index (χ0n) is 7.97. The summed E-state index contributed by atoms with van der Waals surface area (Å²) in [5.41, 5.74) is 5.11. The van der Waals surface area contributed by atoms with E-state index >= 15 is 0 Å². The van der Waals surface area contributed by atoms with Crippen molar-refractivity contribution in [3.05, 3.63) is 0 Å². The number of aliphatic carboxylic acids is 1. The number of methoxy groups -OCH3 is 1. The number of amides is 1. The van der Waals surface area contributed by atoms with Gasteiger partial charge in [0, 0.05) is 13.7 Å². The van der Waals surface area contributed by atoms with Gasteiger partial charge in [-0.2, -0.15) is 0 Å². The normalized spacial score (nSPS) is 23.9. The van der Waals surface area contributed by atoms with Crippen LogP contribution < -0.4 is 5.73 Å². The molecule has 2 unspecified atom stereocenters. The Morgan fingerprint density at radius 3 is 2.64 bits per heavy atom. The summed E-state index contributed by atoms with van der Waals surface area (Å²) in [6.07, 6.45) is 0.628. The second kappa shape index (κ2) is 4.39. The maximum atomic E-state index is 10.9. The van der Waals surface area contributed by atoms with Gasteiger partial charge in [-0.1, -0.05) is 0 Å². The summed E-state index contributed by atoms with van der Waals surface area (Å²) in [6, 6.07) is -1.22. The number of rotatable bonds is 5. The van der Waals surface area contributed by atoms with Gasteiger partial charge in [-0.05, 0) is 6.42 Å². The van der Waals surface area contributed by atoms with Crippen LogP contribution in [0.5, 0.6) is 0 Å². The Labute approximate surface area is 81.6 Å². The summed E-state index contributed by atoms with van der Waals surface area (Å²) in [5, 5.41) is 8.87. The maximum Gasteiger partial charge on any atom is 0.323 e. The van der Waals surface area contributed by atoms with Crippen LogP contribution in [0.4, 0.5) is 0 Å². The van der Waals surface area contributed by atoms with Crippen molar-refractivity contribution in [3.63, 3.8) is 0 Å². The molecule has 0 radical (unpaired) electrons. The molecule has 3 N–H and O–H groups in total. The second-order valence-corrected chi connectivity index (χ2v) is 3.25. The highest BCUT2D eigenvalue weighted by Gasteiger charge is 2.40. The van der Waals surface area contributed by atoms with Crippen LogP contribution in [0.25, 0.3) is 0 Å². The van der Waals surface area contributed by atoms with Gasteiger partial charge in [0.25, 0.3) is 0 Å². The molecule has 2 atom stereocenters. The zero-order valence-corrected chi connectivity index (χ0v) is 7.97. The average Bonchev–Trinajstić information content (AvgIpc) is 1.99. The van der Waals surface area contributed by atoms with Crippen LogP contribution in [-0.4, -0.2) is 54.2 Å². The lowest BCUT2D eigenvalue weighted by molar-refractivity contribution is -0.152. The summed E-state index contributed by atoms with van der Waals surface area (Å²) < 4.78 is 4.78. The van der Waals surface area contributed by atoms with Crippen LogP contribution in [0.15, 0.2) is 0 Å². The largest absolute Gasteiger partial charge is 0.480 e. The zero-order chi connectivity index (χ0) is 10.7. The molecule has 6 heteroatoms. The highest BCUT2D eigenvalue weighted by Crippen LogP contribution is 2.20. The Kier molecular flexibility index (Phi) is 3.43. The number of nitrogens with two attached hydrogens (primary N) is 1. The third kappa shape index (κ3) is 2.02. The molecular formula is C8H14N2O4. The number of carbonyl (C=O) groups excluding carboxylic acids is 1. The van der Waals surface area contributed by atoms with E-state index in [9.17, 15) is 9.59 Å². The Morgan fingerprint density at radius 2 is 2.36 bits per heavy atom. The molecule has 1 amide bonds. The summed E-state index contributed by atoms with van der Waals surface area (Å²) in [4.78, 5) is 23.2. The van der Waals surface area contributed by atoms with Crippen molar-refractivity contribution < 1.29 is 19.4 Å².